The van der Waals surface area contributed by atoms with Crippen LogP contribution >= 0.6 is 0 Å². The van der Waals surface area contributed by atoms with E-state index in [0.29, 0.717) is 12.6 Å². The SMILES string of the molecule is CCc1c(C)nn(CC(=O)N(C)CCC[C@H]2CCCO2)c1C. The van der Waals surface area contributed by atoms with Gasteiger partial charge in [0.05, 0.1) is 11.8 Å². The Morgan fingerprint density at radius 3 is 2.82 bits per heavy atom. The molecule has 124 valence electrons. The van der Waals surface area contributed by atoms with Gasteiger partial charge in [-0.15, -0.1) is 0 Å². The average molecular weight is 307 g/mol. The topological polar surface area (TPSA) is 47.4 Å². The zero-order valence-electron chi connectivity index (χ0n) is 14.4. The number of rotatable bonds is 7. The molecular weight excluding hydrogens is 278 g/mol. The molecule has 0 radical (unpaired) electrons. The number of carbonyl (C=O) groups is 1. The van der Waals surface area contributed by atoms with Gasteiger partial charge in [0, 0.05) is 25.9 Å². The Morgan fingerprint density at radius 1 is 1.45 bits per heavy atom. The third-order valence-corrected chi connectivity index (χ3v) is 4.64. The van der Waals surface area contributed by atoms with E-state index >= 15 is 0 Å². The van der Waals surface area contributed by atoms with Crippen molar-refractivity contribution in [3.63, 3.8) is 0 Å². The van der Waals surface area contributed by atoms with Crippen LogP contribution in [0.2, 0.25) is 0 Å². The molecule has 2 rings (SSSR count). The maximum Gasteiger partial charge on any atom is 0.244 e. The van der Waals surface area contributed by atoms with Crippen molar-refractivity contribution >= 4 is 5.91 Å². The minimum absolute atomic E-state index is 0.126. The van der Waals surface area contributed by atoms with Crippen molar-refractivity contribution < 1.29 is 9.53 Å². The molecule has 1 fully saturated rings. The fraction of sp³-hybridized carbons (Fsp3) is 0.765. The summed E-state index contributed by atoms with van der Waals surface area (Å²) in [6.45, 7) is 8.21. The average Bonchev–Trinajstić information content (AvgIpc) is 3.08. The van der Waals surface area contributed by atoms with E-state index in [2.05, 4.69) is 12.0 Å². The summed E-state index contributed by atoms with van der Waals surface area (Å²) in [5.74, 6) is 0.126. The Hall–Kier alpha value is -1.36. The number of likely N-dealkylation sites (N-methyl/N-ethyl adjacent to an activating group) is 1. The molecule has 1 aliphatic heterocycles. The second-order valence-corrected chi connectivity index (χ2v) is 6.25. The van der Waals surface area contributed by atoms with Crippen LogP contribution in [0.3, 0.4) is 0 Å². The van der Waals surface area contributed by atoms with Gasteiger partial charge in [-0.3, -0.25) is 9.48 Å². The predicted molar refractivity (Wildman–Crippen MR) is 86.9 cm³/mol. The normalized spacial score (nSPS) is 17.9. The number of hydrogen-bond donors (Lipinski definition) is 0. The highest BCUT2D eigenvalue weighted by Crippen LogP contribution is 2.17. The standard InChI is InChI=1S/C17H29N3O2/c1-5-16-13(2)18-20(14(16)3)12-17(21)19(4)10-6-8-15-9-7-11-22-15/h15H,5-12H2,1-4H3/t15-/m0/s1. The molecule has 22 heavy (non-hydrogen) atoms. The summed E-state index contributed by atoms with van der Waals surface area (Å²) in [6, 6.07) is 0. The number of aromatic nitrogens is 2. The maximum absolute atomic E-state index is 12.3. The first-order valence-corrected chi connectivity index (χ1v) is 8.41. The van der Waals surface area contributed by atoms with Crippen LogP contribution in [0.5, 0.6) is 0 Å². The highest BCUT2D eigenvalue weighted by molar-refractivity contribution is 5.75. The number of nitrogens with zero attached hydrogens (tertiary/aromatic N) is 3. The summed E-state index contributed by atoms with van der Waals surface area (Å²) in [7, 11) is 1.88. The van der Waals surface area contributed by atoms with E-state index in [-0.39, 0.29) is 5.91 Å². The monoisotopic (exact) mass is 307 g/mol. The van der Waals surface area contributed by atoms with Gasteiger partial charge in [-0.2, -0.15) is 5.10 Å². The van der Waals surface area contributed by atoms with Crippen molar-refractivity contribution in [3.05, 3.63) is 17.0 Å². The highest BCUT2D eigenvalue weighted by atomic mass is 16.5. The zero-order valence-corrected chi connectivity index (χ0v) is 14.4. The van der Waals surface area contributed by atoms with Crippen LogP contribution in [0.25, 0.3) is 0 Å². The molecule has 0 bridgehead atoms. The minimum Gasteiger partial charge on any atom is -0.378 e. The van der Waals surface area contributed by atoms with E-state index in [9.17, 15) is 4.79 Å². The predicted octanol–water partition coefficient (Wildman–Crippen LogP) is 2.48. The van der Waals surface area contributed by atoms with E-state index in [1.165, 1.54) is 18.4 Å². The van der Waals surface area contributed by atoms with Gasteiger partial charge >= 0.3 is 0 Å². The molecule has 5 nitrogen and oxygen atoms in total. The minimum atomic E-state index is 0.126. The molecule has 0 spiro atoms. The maximum atomic E-state index is 12.3. The molecule has 1 aromatic heterocycles. The number of carbonyl (C=O) groups excluding carboxylic acids is 1. The molecule has 5 heteroatoms. The molecule has 1 amide bonds. The number of aryl methyl sites for hydroxylation is 1. The van der Waals surface area contributed by atoms with E-state index in [1.54, 1.807) is 0 Å². The van der Waals surface area contributed by atoms with Crippen LogP contribution in [-0.4, -0.2) is 46.9 Å². The first-order chi connectivity index (χ1) is 10.5. The van der Waals surface area contributed by atoms with Crippen molar-refractivity contribution in [1.82, 2.24) is 14.7 Å². The number of hydrogen-bond acceptors (Lipinski definition) is 3. The van der Waals surface area contributed by atoms with Crippen molar-refractivity contribution in [2.45, 2.75) is 65.5 Å². The molecule has 1 atom stereocenters. The molecule has 1 aliphatic rings. The van der Waals surface area contributed by atoms with E-state index in [0.717, 1.165) is 43.8 Å². The van der Waals surface area contributed by atoms with Crippen LogP contribution in [0.4, 0.5) is 0 Å². The van der Waals surface area contributed by atoms with Gasteiger partial charge < -0.3 is 9.64 Å². The van der Waals surface area contributed by atoms with Gasteiger partial charge in [-0.05, 0) is 51.5 Å². The van der Waals surface area contributed by atoms with E-state index in [1.807, 2.05) is 30.5 Å². The Morgan fingerprint density at radius 2 is 2.23 bits per heavy atom. The molecule has 0 unspecified atom stereocenters. The molecule has 2 heterocycles. The Bertz CT molecular complexity index is 504. The molecule has 0 saturated carbocycles. The summed E-state index contributed by atoms with van der Waals surface area (Å²) in [4.78, 5) is 14.2. The van der Waals surface area contributed by atoms with Crippen molar-refractivity contribution in [2.24, 2.45) is 0 Å². The first kappa shape index (κ1) is 17.0. The number of ether oxygens (including phenoxy) is 1. The number of amides is 1. The van der Waals surface area contributed by atoms with Gasteiger partial charge in [0.25, 0.3) is 0 Å². The van der Waals surface area contributed by atoms with Crippen LogP contribution in [-0.2, 0) is 22.5 Å². The van der Waals surface area contributed by atoms with Crippen molar-refractivity contribution in [2.75, 3.05) is 20.2 Å². The Kier molecular flexibility index (Phi) is 6.00. The van der Waals surface area contributed by atoms with Crippen LogP contribution in [0.15, 0.2) is 0 Å². The Labute approximate surface area is 133 Å². The molecular formula is C17H29N3O2. The molecule has 1 aromatic rings. The molecule has 0 N–H and O–H groups in total. The fourth-order valence-corrected chi connectivity index (χ4v) is 3.20. The van der Waals surface area contributed by atoms with Crippen LogP contribution < -0.4 is 0 Å². The smallest absolute Gasteiger partial charge is 0.244 e. The summed E-state index contributed by atoms with van der Waals surface area (Å²) in [5.41, 5.74) is 3.41. The second-order valence-electron chi connectivity index (χ2n) is 6.25. The summed E-state index contributed by atoms with van der Waals surface area (Å²) < 4.78 is 7.46. The van der Waals surface area contributed by atoms with Gasteiger partial charge in [-0.25, -0.2) is 0 Å². The van der Waals surface area contributed by atoms with Gasteiger partial charge in [0.1, 0.15) is 6.54 Å². The fourth-order valence-electron chi connectivity index (χ4n) is 3.20. The highest BCUT2D eigenvalue weighted by Gasteiger charge is 2.17. The molecule has 1 saturated heterocycles. The zero-order chi connectivity index (χ0) is 16.1. The van der Waals surface area contributed by atoms with E-state index < -0.39 is 0 Å². The van der Waals surface area contributed by atoms with E-state index in [4.69, 9.17) is 4.74 Å². The largest absolute Gasteiger partial charge is 0.378 e. The lowest BCUT2D eigenvalue weighted by atomic mass is 10.1. The van der Waals surface area contributed by atoms with Gasteiger partial charge in [0.2, 0.25) is 5.91 Å². The second kappa shape index (κ2) is 7.77. The van der Waals surface area contributed by atoms with Crippen LogP contribution in [0.1, 0.15) is 49.6 Å². The lowest BCUT2D eigenvalue weighted by Crippen LogP contribution is -2.32. The summed E-state index contributed by atoms with van der Waals surface area (Å²) >= 11 is 0. The quantitative estimate of drug-likeness (QED) is 0.777. The van der Waals surface area contributed by atoms with Crippen molar-refractivity contribution in [1.29, 1.82) is 0 Å². The third kappa shape index (κ3) is 4.09. The van der Waals surface area contributed by atoms with Gasteiger partial charge in [-0.1, -0.05) is 6.92 Å². The summed E-state index contributed by atoms with van der Waals surface area (Å²) in [6.07, 6.45) is 5.78. The lowest BCUT2D eigenvalue weighted by Gasteiger charge is -2.18. The first-order valence-electron chi connectivity index (χ1n) is 8.41. The third-order valence-electron chi connectivity index (χ3n) is 4.64. The lowest BCUT2D eigenvalue weighted by molar-refractivity contribution is -0.130. The molecule has 0 aromatic carbocycles. The van der Waals surface area contributed by atoms with Crippen LogP contribution in [0, 0.1) is 13.8 Å². The van der Waals surface area contributed by atoms with Crippen molar-refractivity contribution in [3.8, 4) is 0 Å². The molecule has 0 aliphatic carbocycles. The summed E-state index contributed by atoms with van der Waals surface area (Å²) in [5, 5.41) is 4.50. The van der Waals surface area contributed by atoms with Gasteiger partial charge in [0.15, 0.2) is 0 Å². The Balaban J connectivity index is 1.80.